The minimum absolute atomic E-state index is 0.0440. The Balaban J connectivity index is 1.26. The smallest absolute Gasteiger partial charge is 0.239 e. The molecule has 4 aromatic rings. The third-order valence-electron chi connectivity index (χ3n) is 9.25. The van der Waals surface area contributed by atoms with Crippen molar-refractivity contribution in [1.82, 2.24) is 0 Å². The number of aliphatic hydroxyl groups excluding tert-OH is 5. The highest BCUT2D eigenvalue weighted by Crippen LogP contribution is 2.40. The van der Waals surface area contributed by atoms with Crippen molar-refractivity contribution in [3.8, 4) is 57.3 Å². The first kappa shape index (κ1) is 39.6. The van der Waals surface area contributed by atoms with Crippen LogP contribution in [-0.2, 0) is 25.6 Å². The van der Waals surface area contributed by atoms with Crippen molar-refractivity contribution < 1.29 is 88.6 Å². The molecular weight excluding hydrogens is 736 g/mol. The Hall–Kier alpha value is -5.09. The molecule has 10 N–H and O–H groups in total. The number of methoxy groups -OCH3 is 2. The summed E-state index contributed by atoms with van der Waals surface area (Å²) in [5, 5.41) is 105. The van der Waals surface area contributed by atoms with Gasteiger partial charge in [-0.3, -0.25) is 4.79 Å². The fourth-order valence-electron chi connectivity index (χ4n) is 6.22. The van der Waals surface area contributed by atoms with Gasteiger partial charge in [0.25, 0.3) is 0 Å². The van der Waals surface area contributed by atoms with Crippen molar-refractivity contribution in [2.75, 3.05) is 20.8 Å². The number of fused-ring (bicyclic) bond motifs is 1. The first-order valence-electron chi connectivity index (χ1n) is 16.7. The van der Waals surface area contributed by atoms with Crippen molar-refractivity contribution in [2.45, 2.75) is 74.9 Å². The second-order valence-electron chi connectivity index (χ2n) is 12.9. The molecular formula is C36H40O19. The molecule has 2 saturated heterocycles. The maximum Gasteiger partial charge on any atom is 0.239 e. The molecule has 0 aliphatic carbocycles. The van der Waals surface area contributed by atoms with Gasteiger partial charge in [-0.2, -0.15) is 0 Å². The molecule has 0 bridgehead atoms. The lowest BCUT2D eigenvalue weighted by Gasteiger charge is -2.43. The van der Waals surface area contributed by atoms with E-state index in [1.54, 1.807) is 0 Å². The van der Waals surface area contributed by atoms with Crippen LogP contribution in [0.1, 0.15) is 12.5 Å². The average molecular weight is 777 g/mol. The molecule has 2 aliphatic heterocycles. The molecule has 3 aromatic carbocycles. The molecule has 19 heteroatoms. The lowest BCUT2D eigenvalue weighted by atomic mass is 9.98. The third kappa shape index (κ3) is 7.74. The summed E-state index contributed by atoms with van der Waals surface area (Å²) in [6.07, 6.45) is -16.0. The van der Waals surface area contributed by atoms with E-state index >= 15 is 0 Å². The Labute approximate surface area is 310 Å². The summed E-state index contributed by atoms with van der Waals surface area (Å²) in [4.78, 5) is 13.8. The standard InChI is InChI=1S/C36H40O19/c1-13-25(41)30(46)34(50-11-14-6-21(48-2)26(42)22(7-14)49-3)36(52-13)51-12-23-27(43)29(45)31(47)35(54-23)55-33-28(44)24-19(40)9-16(37)10-20(24)53-32(33)15-4-5-17(38)18(39)8-15/h4-10,13,23,25,27,29-31,34-43,45-47H,11-12H2,1-3H3/t13-,23+,25-,27-,29-,30+,31+,34+,35-,36+/m0/s1. The van der Waals surface area contributed by atoms with E-state index in [4.69, 9.17) is 37.6 Å². The van der Waals surface area contributed by atoms with Gasteiger partial charge in [0.1, 0.15) is 65.2 Å². The van der Waals surface area contributed by atoms with Crippen LogP contribution in [0, 0.1) is 0 Å². The fourth-order valence-corrected chi connectivity index (χ4v) is 6.22. The maximum atomic E-state index is 13.8. The molecule has 1 aromatic heterocycles. The summed E-state index contributed by atoms with van der Waals surface area (Å²) in [6, 6.07) is 8.16. The molecule has 10 atom stereocenters. The molecule has 19 nitrogen and oxygen atoms in total. The van der Waals surface area contributed by atoms with Gasteiger partial charge in [0.05, 0.1) is 33.5 Å². The molecule has 298 valence electrons. The Morgan fingerprint density at radius 2 is 1.40 bits per heavy atom. The molecule has 0 amide bonds. The van der Waals surface area contributed by atoms with Crippen molar-refractivity contribution in [3.05, 3.63) is 58.3 Å². The van der Waals surface area contributed by atoms with Crippen LogP contribution in [0.2, 0.25) is 0 Å². The quantitative estimate of drug-likeness (QED) is 0.0914. The van der Waals surface area contributed by atoms with Gasteiger partial charge in [-0.15, -0.1) is 0 Å². The predicted molar refractivity (Wildman–Crippen MR) is 184 cm³/mol. The molecule has 0 radical (unpaired) electrons. The first-order chi connectivity index (χ1) is 26.1. The highest BCUT2D eigenvalue weighted by atomic mass is 16.7. The lowest BCUT2D eigenvalue weighted by molar-refractivity contribution is -0.325. The van der Waals surface area contributed by atoms with Crippen molar-refractivity contribution in [2.24, 2.45) is 0 Å². The van der Waals surface area contributed by atoms with E-state index in [0.29, 0.717) is 5.56 Å². The monoisotopic (exact) mass is 776 g/mol. The van der Waals surface area contributed by atoms with Gasteiger partial charge in [0.2, 0.25) is 23.2 Å². The number of rotatable bonds is 11. The normalized spacial score (nSPS) is 28.2. The number of phenols is 5. The molecule has 0 unspecified atom stereocenters. The van der Waals surface area contributed by atoms with Gasteiger partial charge in [-0.05, 0) is 42.8 Å². The van der Waals surface area contributed by atoms with Gasteiger partial charge in [-0.1, -0.05) is 0 Å². The topological polar surface area (TPSA) is 297 Å². The molecule has 3 heterocycles. The van der Waals surface area contributed by atoms with E-state index in [1.807, 2.05) is 0 Å². The second kappa shape index (κ2) is 15.9. The van der Waals surface area contributed by atoms with E-state index in [1.165, 1.54) is 39.3 Å². The Bertz CT molecular complexity index is 2040. The third-order valence-corrected chi connectivity index (χ3v) is 9.25. The molecule has 0 saturated carbocycles. The predicted octanol–water partition coefficient (Wildman–Crippen LogP) is 0.260. The number of aliphatic hydroxyl groups is 5. The van der Waals surface area contributed by atoms with Crippen LogP contribution in [0.4, 0.5) is 0 Å². The zero-order valence-electron chi connectivity index (χ0n) is 29.4. The fraction of sp³-hybridized carbons (Fsp3) is 0.417. The number of benzene rings is 3. The summed E-state index contributed by atoms with van der Waals surface area (Å²) in [7, 11) is 2.67. The summed E-state index contributed by atoms with van der Waals surface area (Å²) in [6.45, 7) is 0.621. The minimum atomic E-state index is -2.01. The van der Waals surface area contributed by atoms with Gasteiger partial charge in [0.15, 0.2) is 35.0 Å². The van der Waals surface area contributed by atoms with E-state index < -0.39 is 113 Å². The van der Waals surface area contributed by atoms with Gasteiger partial charge in [0, 0.05) is 17.7 Å². The van der Waals surface area contributed by atoms with Crippen LogP contribution in [0.15, 0.2) is 51.7 Å². The average Bonchev–Trinajstić information content (AvgIpc) is 3.15. The summed E-state index contributed by atoms with van der Waals surface area (Å²) in [5.74, 6) is -3.51. The molecule has 2 fully saturated rings. The summed E-state index contributed by atoms with van der Waals surface area (Å²) >= 11 is 0. The van der Waals surface area contributed by atoms with Crippen LogP contribution in [0.3, 0.4) is 0 Å². The molecule has 2 aliphatic rings. The number of hydrogen-bond acceptors (Lipinski definition) is 19. The number of phenolic OH excluding ortho intramolecular Hbond substituents is 5. The number of ether oxygens (including phenoxy) is 7. The largest absolute Gasteiger partial charge is 0.508 e. The van der Waals surface area contributed by atoms with Crippen LogP contribution in [0.25, 0.3) is 22.3 Å². The van der Waals surface area contributed by atoms with Gasteiger partial charge < -0.3 is 88.6 Å². The van der Waals surface area contributed by atoms with Crippen molar-refractivity contribution in [3.63, 3.8) is 0 Å². The number of hydrogen-bond donors (Lipinski definition) is 10. The van der Waals surface area contributed by atoms with Crippen LogP contribution in [0.5, 0.6) is 46.0 Å². The Morgan fingerprint density at radius 1 is 0.709 bits per heavy atom. The Kier molecular flexibility index (Phi) is 11.5. The molecule has 55 heavy (non-hydrogen) atoms. The second-order valence-corrected chi connectivity index (χ2v) is 12.9. The van der Waals surface area contributed by atoms with Gasteiger partial charge in [-0.25, -0.2) is 0 Å². The highest BCUT2D eigenvalue weighted by Gasteiger charge is 2.48. The van der Waals surface area contributed by atoms with E-state index in [2.05, 4.69) is 0 Å². The SMILES string of the molecule is COc1cc(CO[C@H]2[C@H](OC[C@H]3O[C@@H](Oc4c(-c5ccc(O)c(O)c5)oc5cc(O)cc(O)c5c4=O)[C@H](O)[C@@H](O)[C@H]3O)O[C@@H](C)[C@H](O)[C@H]2O)cc(OC)c1O. The number of aromatic hydroxyl groups is 5. The Morgan fingerprint density at radius 3 is 2.05 bits per heavy atom. The van der Waals surface area contributed by atoms with Crippen LogP contribution >= 0.6 is 0 Å². The first-order valence-corrected chi connectivity index (χ1v) is 16.7. The van der Waals surface area contributed by atoms with Crippen molar-refractivity contribution >= 4 is 11.0 Å². The van der Waals surface area contributed by atoms with Crippen LogP contribution < -0.4 is 19.6 Å². The zero-order valence-corrected chi connectivity index (χ0v) is 29.4. The van der Waals surface area contributed by atoms with E-state index in [-0.39, 0.29) is 35.0 Å². The molecule has 0 spiro atoms. The van der Waals surface area contributed by atoms with Gasteiger partial charge >= 0.3 is 0 Å². The van der Waals surface area contributed by atoms with E-state index in [9.17, 15) is 55.9 Å². The van der Waals surface area contributed by atoms with E-state index in [0.717, 1.165) is 24.3 Å². The lowest BCUT2D eigenvalue weighted by Crippen LogP contribution is -2.62. The zero-order chi connectivity index (χ0) is 39.9. The van der Waals surface area contributed by atoms with Crippen molar-refractivity contribution in [1.29, 1.82) is 0 Å². The minimum Gasteiger partial charge on any atom is -0.508 e. The maximum absolute atomic E-state index is 13.8. The summed E-state index contributed by atoms with van der Waals surface area (Å²) in [5.41, 5.74) is -0.957. The summed E-state index contributed by atoms with van der Waals surface area (Å²) < 4.78 is 45.3. The highest BCUT2D eigenvalue weighted by molar-refractivity contribution is 5.88. The molecule has 6 rings (SSSR count). The van der Waals surface area contributed by atoms with Crippen LogP contribution in [-0.4, -0.2) is 133 Å².